The number of benzene rings is 1. The van der Waals surface area contributed by atoms with Crippen molar-refractivity contribution in [1.29, 1.82) is 0 Å². The second kappa shape index (κ2) is 12.7. The molecule has 2 aliphatic carbocycles. The smallest absolute Gasteiger partial charge is 0.410 e. The topological polar surface area (TPSA) is 157 Å². The fraction of sp³-hybridized carbons (Fsp3) is 0.372. The maximum absolute atomic E-state index is 13.7. The van der Waals surface area contributed by atoms with Crippen molar-refractivity contribution in [1.82, 2.24) is 40.8 Å². The van der Waals surface area contributed by atoms with Gasteiger partial charge >= 0.3 is 6.09 Å². The number of pyridine rings is 2. The van der Waals surface area contributed by atoms with Crippen molar-refractivity contribution >= 4 is 29.5 Å². The molecule has 8 heterocycles. The van der Waals surface area contributed by atoms with Crippen LogP contribution >= 0.6 is 11.6 Å². The first-order valence-electron chi connectivity index (χ1n) is 19.5. The SMILES string of the molecule is CC(C)(C)OC(=O)N1CC2(CNC(=O)c3c2[nH]c2c3CCc3cnc(Cl)cc3-2)C1.O=C1NCC2(CNC2)c2[nH]c3c(c21)CCc1cnc(-c2cccc(F)c2)cc1-3. The summed E-state index contributed by atoms with van der Waals surface area (Å²) < 4.78 is 19.2. The largest absolute Gasteiger partial charge is 0.444 e. The molecule has 5 N–H and O–H groups in total. The Kier molecular flexibility index (Phi) is 8.01. The van der Waals surface area contributed by atoms with Crippen molar-refractivity contribution in [3.63, 3.8) is 0 Å². The maximum atomic E-state index is 13.7. The van der Waals surface area contributed by atoms with Crippen LogP contribution in [0.4, 0.5) is 9.18 Å². The number of ether oxygens (including phenoxy) is 1. The predicted octanol–water partition coefficient (Wildman–Crippen LogP) is 5.63. The number of hydrogen-bond donors (Lipinski definition) is 5. The highest BCUT2D eigenvalue weighted by Gasteiger charge is 2.54. The van der Waals surface area contributed by atoms with Crippen LogP contribution in [0.3, 0.4) is 0 Å². The van der Waals surface area contributed by atoms with Gasteiger partial charge in [0.25, 0.3) is 11.8 Å². The normalized spacial score (nSPS) is 18.9. The Balaban J connectivity index is 0.000000139. The summed E-state index contributed by atoms with van der Waals surface area (Å²) in [6.45, 7) is 9.51. The van der Waals surface area contributed by atoms with E-state index in [9.17, 15) is 18.8 Å². The summed E-state index contributed by atoms with van der Waals surface area (Å²) in [5.74, 6) is -0.306. The van der Waals surface area contributed by atoms with Crippen LogP contribution in [0.15, 0.2) is 48.8 Å². The lowest BCUT2D eigenvalue weighted by atomic mass is 9.72. The molecule has 3 amide bonds. The molecule has 5 aromatic rings. The summed E-state index contributed by atoms with van der Waals surface area (Å²) in [5, 5.41) is 9.90. The Labute approximate surface area is 333 Å². The molecule has 4 aliphatic heterocycles. The van der Waals surface area contributed by atoms with Gasteiger partial charge in [-0.15, -0.1) is 0 Å². The minimum Gasteiger partial charge on any atom is -0.444 e. The highest BCUT2D eigenvalue weighted by Crippen LogP contribution is 2.46. The van der Waals surface area contributed by atoms with Crippen LogP contribution in [-0.2, 0) is 41.3 Å². The first-order valence-corrected chi connectivity index (χ1v) is 19.8. The lowest BCUT2D eigenvalue weighted by molar-refractivity contribution is -0.0113. The van der Waals surface area contributed by atoms with Crippen molar-refractivity contribution in [3.05, 3.63) is 105 Å². The monoisotopic (exact) mass is 788 g/mol. The van der Waals surface area contributed by atoms with Gasteiger partial charge in [-0.05, 0) is 93.0 Å². The zero-order valence-corrected chi connectivity index (χ0v) is 32.7. The van der Waals surface area contributed by atoms with E-state index in [0.29, 0.717) is 31.3 Å². The van der Waals surface area contributed by atoms with Crippen LogP contribution in [0.25, 0.3) is 33.8 Å². The Bertz CT molecular complexity index is 2540. The van der Waals surface area contributed by atoms with E-state index < -0.39 is 5.60 Å². The minimum absolute atomic E-state index is 0.0212. The number of hydrogen-bond acceptors (Lipinski definition) is 7. The summed E-state index contributed by atoms with van der Waals surface area (Å²) in [5.41, 5.74) is 12.6. The molecule has 2 saturated heterocycles. The fourth-order valence-corrected chi connectivity index (χ4v) is 9.61. The first-order chi connectivity index (χ1) is 27.3. The zero-order valence-electron chi connectivity index (χ0n) is 31.9. The van der Waals surface area contributed by atoms with E-state index in [0.717, 1.165) is 117 Å². The Morgan fingerprint density at radius 1 is 0.807 bits per heavy atom. The van der Waals surface area contributed by atoms with Crippen LogP contribution in [0.1, 0.15) is 75.1 Å². The molecule has 11 rings (SSSR count). The number of carbonyl (C=O) groups is 3. The molecule has 14 heteroatoms. The molecule has 2 spiro atoms. The molecular weight excluding hydrogens is 747 g/mol. The van der Waals surface area contributed by atoms with E-state index >= 15 is 0 Å². The van der Waals surface area contributed by atoms with Crippen LogP contribution in [-0.4, -0.2) is 87.6 Å². The summed E-state index contributed by atoms with van der Waals surface area (Å²) in [6.07, 6.45) is 6.65. The van der Waals surface area contributed by atoms with E-state index in [1.54, 1.807) is 11.0 Å². The van der Waals surface area contributed by atoms with Crippen LogP contribution in [0.2, 0.25) is 5.15 Å². The van der Waals surface area contributed by atoms with Crippen molar-refractivity contribution in [2.24, 2.45) is 0 Å². The second-order valence-electron chi connectivity index (χ2n) is 17.2. The zero-order chi connectivity index (χ0) is 39.4. The Morgan fingerprint density at radius 3 is 2.00 bits per heavy atom. The number of halogens is 2. The van der Waals surface area contributed by atoms with Gasteiger partial charge in [-0.25, -0.2) is 14.2 Å². The molecule has 0 bridgehead atoms. The number of likely N-dealkylation sites (tertiary alicyclic amines) is 1. The number of carbonyl (C=O) groups excluding carboxylic acids is 3. The van der Waals surface area contributed by atoms with Crippen molar-refractivity contribution < 1.29 is 23.5 Å². The maximum Gasteiger partial charge on any atom is 0.410 e. The molecule has 0 saturated carbocycles. The third-order valence-corrected chi connectivity index (χ3v) is 12.6. The van der Waals surface area contributed by atoms with Gasteiger partial charge < -0.3 is 35.6 Å². The predicted molar refractivity (Wildman–Crippen MR) is 212 cm³/mol. The number of aryl methyl sites for hydroxylation is 2. The van der Waals surface area contributed by atoms with Crippen LogP contribution < -0.4 is 16.0 Å². The Hall–Kier alpha value is -5.53. The lowest BCUT2D eigenvalue weighted by Crippen LogP contribution is -2.67. The summed E-state index contributed by atoms with van der Waals surface area (Å²) in [6, 6.07) is 10.4. The molecule has 12 nitrogen and oxygen atoms in total. The number of H-pyrrole nitrogens is 2. The van der Waals surface area contributed by atoms with Crippen LogP contribution in [0, 0.1) is 5.82 Å². The van der Waals surface area contributed by atoms with E-state index in [-0.39, 0.29) is 34.6 Å². The van der Waals surface area contributed by atoms with Crippen molar-refractivity contribution in [2.75, 3.05) is 39.3 Å². The molecule has 292 valence electrons. The quantitative estimate of drug-likeness (QED) is 0.138. The third kappa shape index (κ3) is 5.76. The fourth-order valence-electron chi connectivity index (χ4n) is 9.46. The number of rotatable bonds is 1. The van der Waals surface area contributed by atoms with Gasteiger partial charge in [0, 0.05) is 79.7 Å². The molecule has 1 aromatic carbocycles. The number of aromatic nitrogens is 4. The van der Waals surface area contributed by atoms with E-state index in [4.69, 9.17) is 16.3 Å². The van der Waals surface area contributed by atoms with Gasteiger partial charge in [0.2, 0.25) is 0 Å². The molecule has 57 heavy (non-hydrogen) atoms. The van der Waals surface area contributed by atoms with Crippen molar-refractivity contribution in [2.45, 2.75) is 62.9 Å². The van der Waals surface area contributed by atoms with Gasteiger partial charge in [0.1, 0.15) is 16.6 Å². The molecule has 2 fully saturated rings. The Morgan fingerprint density at radius 2 is 1.40 bits per heavy atom. The lowest BCUT2D eigenvalue weighted by Gasteiger charge is -2.51. The molecule has 4 aromatic heterocycles. The first kappa shape index (κ1) is 35.9. The molecule has 6 aliphatic rings. The van der Waals surface area contributed by atoms with Crippen molar-refractivity contribution in [3.8, 4) is 33.8 Å². The number of aromatic amines is 2. The summed E-state index contributed by atoms with van der Waals surface area (Å²) in [4.78, 5) is 55.5. The highest BCUT2D eigenvalue weighted by atomic mass is 35.5. The van der Waals surface area contributed by atoms with E-state index in [1.807, 2.05) is 51.4 Å². The van der Waals surface area contributed by atoms with Gasteiger partial charge in [-0.1, -0.05) is 23.7 Å². The average Bonchev–Trinajstić information content (AvgIpc) is 3.75. The molecule has 0 radical (unpaired) electrons. The third-order valence-electron chi connectivity index (χ3n) is 12.3. The minimum atomic E-state index is -0.533. The average molecular weight is 789 g/mol. The van der Waals surface area contributed by atoms with Gasteiger partial charge in [0.05, 0.1) is 39.0 Å². The number of amides is 3. The summed E-state index contributed by atoms with van der Waals surface area (Å²) >= 11 is 6.14. The van der Waals surface area contributed by atoms with Gasteiger partial charge in [0.15, 0.2) is 0 Å². The van der Waals surface area contributed by atoms with Gasteiger partial charge in [-0.3, -0.25) is 14.6 Å². The standard InChI is InChI=1S/C22H19FN4O.C21H23ClN4O3/c23-14-3-1-2-12(6-14)17-7-16-13(8-25-17)4-5-15-18-20(27-19(15)16)22(9-24-10-22)11-26-21(18)28;1-20(2,3)29-19(28)26-9-21(10-26)8-24-18(27)15-12-5-4-11-7-23-14(22)6-13(11)16(12)25-17(15)21/h1-3,6-8,24,27H,4-5,9-11H2,(H,26,28);6-7,25H,4-5,8-10H2,1-3H3,(H,24,27). The molecule has 0 unspecified atom stereocenters. The number of fused-ring (bicyclic) bond motifs is 12. The number of nitrogens with zero attached hydrogens (tertiary/aromatic N) is 3. The summed E-state index contributed by atoms with van der Waals surface area (Å²) in [7, 11) is 0. The van der Waals surface area contributed by atoms with Gasteiger partial charge in [-0.2, -0.15) is 0 Å². The second-order valence-corrected chi connectivity index (χ2v) is 17.6. The number of nitrogens with one attached hydrogen (secondary N) is 5. The highest BCUT2D eigenvalue weighted by molar-refractivity contribution is 6.29. The van der Waals surface area contributed by atoms with E-state index in [1.165, 1.54) is 12.1 Å². The molecular formula is C43H42ClFN8O4. The molecule has 0 atom stereocenters. The van der Waals surface area contributed by atoms with Crippen LogP contribution in [0.5, 0.6) is 0 Å². The van der Waals surface area contributed by atoms with E-state index in [2.05, 4.69) is 35.9 Å².